The average Bonchev–Trinajstić information content (AvgIpc) is 3.05. The van der Waals surface area contributed by atoms with Gasteiger partial charge in [-0.3, -0.25) is 9.69 Å². The zero-order valence-corrected chi connectivity index (χ0v) is 14.8. The summed E-state index contributed by atoms with van der Waals surface area (Å²) in [5.74, 6) is -0.00490. The van der Waals surface area contributed by atoms with Gasteiger partial charge in [0.25, 0.3) is 0 Å². The quantitative estimate of drug-likeness (QED) is 0.674. The molecule has 0 spiro atoms. The van der Waals surface area contributed by atoms with Gasteiger partial charge >= 0.3 is 0 Å². The van der Waals surface area contributed by atoms with E-state index in [1.165, 1.54) is 11.3 Å². The normalized spacial score (nSPS) is 10.5. The number of rotatable bonds is 4. The van der Waals surface area contributed by atoms with Gasteiger partial charge < -0.3 is 0 Å². The SMILES string of the molecule is CN(C(=O)Cc1ccccc1)c1nnc(-c2ccc(Br)cc2)s1. The Morgan fingerprint density at radius 2 is 1.78 bits per heavy atom. The van der Waals surface area contributed by atoms with Crippen LogP contribution < -0.4 is 4.90 Å². The fraction of sp³-hybridized carbons (Fsp3) is 0.118. The highest BCUT2D eigenvalue weighted by Crippen LogP contribution is 2.29. The number of carbonyl (C=O) groups excluding carboxylic acids is 1. The first-order chi connectivity index (χ1) is 11.1. The largest absolute Gasteiger partial charge is 0.290 e. The van der Waals surface area contributed by atoms with Crippen molar-refractivity contribution in [2.45, 2.75) is 6.42 Å². The molecule has 6 heteroatoms. The summed E-state index contributed by atoms with van der Waals surface area (Å²) in [6.45, 7) is 0. The molecule has 116 valence electrons. The van der Waals surface area contributed by atoms with Crippen LogP contribution in [0.3, 0.4) is 0 Å². The van der Waals surface area contributed by atoms with Crippen LogP contribution >= 0.6 is 27.3 Å². The van der Waals surface area contributed by atoms with Crippen LogP contribution in [0, 0.1) is 0 Å². The lowest BCUT2D eigenvalue weighted by Gasteiger charge is -2.12. The standard InChI is InChI=1S/C17H14BrN3OS/c1-21(15(22)11-12-5-3-2-4-6-12)17-20-19-16(23-17)13-7-9-14(18)10-8-13/h2-10H,11H2,1H3. The van der Waals surface area contributed by atoms with Crippen LogP contribution in [0.2, 0.25) is 0 Å². The predicted octanol–water partition coefficient (Wildman–Crippen LogP) is 4.17. The third-order valence-electron chi connectivity index (χ3n) is 3.36. The third kappa shape index (κ3) is 3.83. The molecular formula is C17H14BrN3OS. The molecule has 0 unspecified atom stereocenters. The minimum Gasteiger partial charge on any atom is -0.290 e. The van der Waals surface area contributed by atoms with E-state index < -0.39 is 0 Å². The zero-order chi connectivity index (χ0) is 16.2. The summed E-state index contributed by atoms with van der Waals surface area (Å²) < 4.78 is 1.01. The van der Waals surface area contributed by atoms with Gasteiger partial charge in [-0.25, -0.2) is 0 Å². The minimum atomic E-state index is -0.00490. The van der Waals surface area contributed by atoms with Gasteiger partial charge in [0.1, 0.15) is 5.01 Å². The van der Waals surface area contributed by atoms with E-state index in [4.69, 9.17) is 0 Å². The maximum absolute atomic E-state index is 12.4. The Hall–Kier alpha value is -2.05. The van der Waals surface area contributed by atoms with Crippen LogP contribution in [0.1, 0.15) is 5.56 Å². The molecule has 4 nitrogen and oxygen atoms in total. The highest BCUT2D eigenvalue weighted by molar-refractivity contribution is 9.10. The smallest absolute Gasteiger partial charge is 0.232 e. The summed E-state index contributed by atoms with van der Waals surface area (Å²) in [5, 5.41) is 9.72. The maximum atomic E-state index is 12.4. The molecule has 1 amide bonds. The fourth-order valence-corrected chi connectivity index (χ4v) is 3.15. The van der Waals surface area contributed by atoms with Crippen molar-refractivity contribution in [2.24, 2.45) is 0 Å². The number of nitrogens with zero attached hydrogens (tertiary/aromatic N) is 3. The van der Waals surface area contributed by atoms with Crippen molar-refractivity contribution in [2.75, 3.05) is 11.9 Å². The second-order valence-electron chi connectivity index (χ2n) is 5.01. The van der Waals surface area contributed by atoms with Crippen molar-refractivity contribution in [1.82, 2.24) is 10.2 Å². The molecule has 0 atom stereocenters. The summed E-state index contributed by atoms with van der Waals surface area (Å²) in [6.07, 6.45) is 0.352. The summed E-state index contributed by atoms with van der Waals surface area (Å²) in [6, 6.07) is 17.5. The van der Waals surface area contributed by atoms with Crippen LogP contribution in [0.25, 0.3) is 10.6 Å². The number of hydrogen-bond acceptors (Lipinski definition) is 4. The topological polar surface area (TPSA) is 46.1 Å². The van der Waals surface area contributed by atoms with Crippen molar-refractivity contribution in [3.8, 4) is 10.6 Å². The Morgan fingerprint density at radius 3 is 2.48 bits per heavy atom. The third-order valence-corrected chi connectivity index (χ3v) is 4.94. The average molecular weight is 388 g/mol. The van der Waals surface area contributed by atoms with Gasteiger partial charge in [0, 0.05) is 17.1 Å². The first kappa shape index (κ1) is 15.8. The Morgan fingerprint density at radius 1 is 1.09 bits per heavy atom. The second kappa shape index (κ2) is 7.02. The molecule has 3 rings (SSSR count). The van der Waals surface area contributed by atoms with Crippen LogP contribution in [0.4, 0.5) is 5.13 Å². The molecule has 0 aliphatic rings. The van der Waals surface area contributed by atoms with Crippen LogP contribution in [-0.4, -0.2) is 23.2 Å². The molecule has 2 aromatic carbocycles. The summed E-state index contributed by atoms with van der Waals surface area (Å²) in [4.78, 5) is 13.9. The van der Waals surface area contributed by atoms with Gasteiger partial charge in [0.15, 0.2) is 0 Å². The Labute approximate surface area is 146 Å². The van der Waals surface area contributed by atoms with Crippen LogP contribution in [0.5, 0.6) is 0 Å². The number of hydrogen-bond donors (Lipinski definition) is 0. The van der Waals surface area contributed by atoms with Gasteiger partial charge in [-0.2, -0.15) is 0 Å². The van der Waals surface area contributed by atoms with Crippen molar-refractivity contribution in [3.05, 3.63) is 64.6 Å². The summed E-state index contributed by atoms with van der Waals surface area (Å²) in [5.41, 5.74) is 1.97. The highest BCUT2D eigenvalue weighted by atomic mass is 79.9. The van der Waals surface area contributed by atoms with E-state index in [2.05, 4.69) is 26.1 Å². The van der Waals surface area contributed by atoms with Crippen molar-refractivity contribution in [3.63, 3.8) is 0 Å². The lowest BCUT2D eigenvalue weighted by molar-refractivity contribution is -0.117. The number of amides is 1. The number of likely N-dealkylation sites (N-methyl/N-ethyl adjacent to an activating group) is 1. The lowest BCUT2D eigenvalue weighted by Crippen LogP contribution is -2.27. The van der Waals surface area contributed by atoms with E-state index >= 15 is 0 Å². The molecule has 0 aliphatic carbocycles. The number of carbonyl (C=O) groups is 1. The molecule has 0 bridgehead atoms. The lowest BCUT2D eigenvalue weighted by atomic mass is 10.1. The van der Waals surface area contributed by atoms with Crippen molar-refractivity contribution >= 4 is 38.3 Å². The first-order valence-corrected chi connectivity index (χ1v) is 8.64. The molecule has 0 saturated carbocycles. The van der Waals surface area contributed by atoms with Gasteiger partial charge in [-0.1, -0.05) is 69.7 Å². The van der Waals surface area contributed by atoms with Crippen LogP contribution in [0.15, 0.2) is 59.1 Å². The molecule has 0 N–H and O–H groups in total. The second-order valence-corrected chi connectivity index (χ2v) is 6.88. The molecule has 0 saturated heterocycles. The highest BCUT2D eigenvalue weighted by Gasteiger charge is 2.16. The number of halogens is 1. The molecule has 0 radical (unpaired) electrons. The van der Waals surface area contributed by atoms with Crippen molar-refractivity contribution in [1.29, 1.82) is 0 Å². The summed E-state index contributed by atoms with van der Waals surface area (Å²) >= 11 is 4.82. The maximum Gasteiger partial charge on any atom is 0.232 e. The Balaban J connectivity index is 1.74. The van der Waals surface area contributed by atoms with Gasteiger partial charge in [0.2, 0.25) is 11.0 Å². The van der Waals surface area contributed by atoms with Gasteiger partial charge in [0.05, 0.1) is 6.42 Å². The predicted molar refractivity (Wildman–Crippen MR) is 96.6 cm³/mol. The van der Waals surface area contributed by atoms with E-state index in [0.717, 1.165) is 20.6 Å². The van der Waals surface area contributed by atoms with Crippen LogP contribution in [-0.2, 0) is 11.2 Å². The molecule has 23 heavy (non-hydrogen) atoms. The van der Waals surface area contributed by atoms with Gasteiger partial charge in [-0.15, -0.1) is 10.2 Å². The minimum absolute atomic E-state index is 0.00490. The molecule has 1 heterocycles. The van der Waals surface area contributed by atoms with Gasteiger partial charge in [-0.05, 0) is 17.7 Å². The Bertz CT molecular complexity index is 802. The van der Waals surface area contributed by atoms with E-state index in [1.807, 2.05) is 54.6 Å². The number of benzene rings is 2. The fourth-order valence-electron chi connectivity index (χ4n) is 2.06. The summed E-state index contributed by atoms with van der Waals surface area (Å²) in [7, 11) is 1.73. The zero-order valence-electron chi connectivity index (χ0n) is 12.4. The number of aromatic nitrogens is 2. The molecule has 1 aromatic heterocycles. The van der Waals surface area contributed by atoms with Crippen molar-refractivity contribution < 1.29 is 4.79 Å². The Kier molecular flexibility index (Phi) is 4.83. The first-order valence-electron chi connectivity index (χ1n) is 7.03. The molecule has 3 aromatic rings. The van der Waals surface area contributed by atoms with E-state index in [0.29, 0.717) is 11.6 Å². The molecular weight excluding hydrogens is 374 g/mol. The number of anilines is 1. The molecule has 0 fully saturated rings. The van der Waals surface area contributed by atoms with E-state index in [9.17, 15) is 4.79 Å². The van der Waals surface area contributed by atoms with E-state index in [-0.39, 0.29) is 5.91 Å². The van der Waals surface area contributed by atoms with E-state index in [1.54, 1.807) is 11.9 Å². The monoisotopic (exact) mass is 387 g/mol. The molecule has 0 aliphatic heterocycles.